The summed E-state index contributed by atoms with van der Waals surface area (Å²) in [5, 5.41) is 3.45. The quantitative estimate of drug-likeness (QED) is 0.849. The van der Waals surface area contributed by atoms with E-state index in [0.29, 0.717) is 10.9 Å². The van der Waals surface area contributed by atoms with Crippen molar-refractivity contribution in [2.24, 2.45) is 17.8 Å². The van der Waals surface area contributed by atoms with E-state index in [9.17, 15) is 9.59 Å². The summed E-state index contributed by atoms with van der Waals surface area (Å²) in [4.78, 5) is 30.2. The van der Waals surface area contributed by atoms with Crippen LogP contribution in [-0.4, -0.2) is 10.9 Å². The first-order chi connectivity index (χ1) is 12.9. The molecule has 0 radical (unpaired) electrons. The SMILES string of the molecule is Cc1cc(=O)cc(C(=O)Nc2nc(C34CC5CC(CC(C5)C3)C4)c(C)s2)o1. The first kappa shape index (κ1) is 17.2. The van der Waals surface area contributed by atoms with E-state index in [1.165, 1.54) is 72.6 Å². The summed E-state index contributed by atoms with van der Waals surface area (Å²) in [6.45, 7) is 3.78. The fourth-order valence-corrected chi connectivity index (χ4v) is 7.15. The normalized spacial score (nSPS) is 31.3. The lowest BCUT2D eigenvalue weighted by Crippen LogP contribution is -2.49. The maximum Gasteiger partial charge on any atom is 0.293 e. The maximum absolute atomic E-state index is 12.5. The van der Waals surface area contributed by atoms with E-state index in [2.05, 4.69) is 12.2 Å². The van der Waals surface area contributed by atoms with Crippen molar-refractivity contribution < 1.29 is 9.21 Å². The van der Waals surface area contributed by atoms with E-state index in [1.54, 1.807) is 6.92 Å². The molecule has 0 unspecified atom stereocenters. The highest BCUT2D eigenvalue weighted by atomic mass is 32.1. The van der Waals surface area contributed by atoms with Crippen molar-refractivity contribution in [3.05, 3.63) is 44.4 Å². The van der Waals surface area contributed by atoms with Crippen LogP contribution < -0.4 is 10.7 Å². The lowest BCUT2D eigenvalue weighted by Gasteiger charge is -2.56. The highest BCUT2D eigenvalue weighted by Gasteiger charge is 2.53. The van der Waals surface area contributed by atoms with Gasteiger partial charge in [-0.3, -0.25) is 14.9 Å². The van der Waals surface area contributed by atoms with Gasteiger partial charge in [0.15, 0.2) is 16.3 Å². The number of carbonyl (C=O) groups is 1. The van der Waals surface area contributed by atoms with E-state index in [-0.39, 0.29) is 16.6 Å². The first-order valence-electron chi connectivity index (χ1n) is 9.81. The smallest absolute Gasteiger partial charge is 0.293 e. The molecule has 0 atom stereocenters. The van der Waals surface area contributed by atoms with Gasteiger partial charge in [0.1, 0.15) is 5.76 Å². The number of hydrogen-bond acceptors (Lipinski definition) is 5. The molecule has 4 bridgehead atoms. The predicted octanol–water partition coefficient (Wildman–Crippen LogP) is 4.43. The van der Waals surface area contributed by atoms with Gasteiger partial charge in [0, 0.05) is 22.4 Å². The van der Waals surface area contributed by atoms with Crippen LogP contribution in [-0.2, 0) is 5.41 Å². The Morgan fingerprint density at radius 3 is 2.37 bits per heavy atom. The van der Waals surface area contributed by atoms with Gasteiger partial charge in [-0.2, -0.15) is 0 Å². The Bertz CT molecular complexity index is 939. The molecule has 0 saturated heterocycles. The molecule has 2 heterocycles. The largest absolute Gasteiger partial charge is 0.456 e. The molecule has 0 aromatic carbocycles. The van der Waals surface area contributed by atoms with Crippen LogP contribution in [0.3, 0.4) is 0 Å². The predicted molar refractivity (Wildman–Crippen MR) is 104 cm³/mol. The van der Waals surface area contributed by atoms with Crippen LogP contribution in [0.2, 0.25) is 0 Å². The lowest BCUT2D eigenvalue weighted by molar-refractivity contribution is -0.00715. The summed E-state index contributed by atoms with van der Waals surface area (Å²) < 4.78 is 5.39. The third kappa shape index (κ3) is 2.94. The molecule has 27 heavy (non-hydrogen) atoms. The van der Waals surface area contributed by atoms with E-state index >= 15 is 0 Å². The summed E-state index contributed by atoms with van der Waals surface area (Å²) in [6, 6.07) is 2.60. The van der Waals surface area contributed by atoms with E-state index < -0.39 is 5.91 Å². The summed E-state index contributed by atoms with van der Waals surface area (Å²) in [6.07, 6.45) is 7.96. The van der Waals surface area contributed by atoms with Gasteiger partial charge in [0.25, 0.3) is 5.91 Å². The molecule has 4 aliphatic rings. The zero-order valence-corrected chi connectivity index (χ0v) is 16.5. The number of rotatable bonds is 3. The number of aryl methyl sites for hydroxylation is 2. The fraction of sp³-hybridized carbons (Fsp3) is 0.571. The van der Waals surface area contributed by atoms with Crippen LogP contribution in [0.4, 0.5) is 5.13 Å². The molecule has 6 heteroatoms. The summed E-state index contributed by atoms with van der Waals surface area (Å²) in [7, 11) is 0. The highest BCUT2D eigenvalue weighted by Crippen LogP contribution is 2.61. The molecule has 4 fully saturated rings. The molecule has 0 aliphatic heterocycles. The van der Waals surface area contributed by atoms with Crippen LogP contribution in [0.1, 0.15) is 65.4 Å². The van der Waals surface area contributed by atoms with Gasteiger partial charge in [-0.1, -0.05) is 0 Å². The van der Waals surface area contributed by atoms with Crippen molar-refractivity contribution >= 4 is 22.4 Å². The van der Waals surface area contributed by atoms with Crippen LogP contribution in [0.25, 0.3) is 0 Å². The second-order valence-electron chi connectivity index (χ2n) is 8.84. The van der Waals surface area contributed by atoms with Crippen LogP contribution in [0, 0.1) is 31.6 Å². The molecule has 142 valence electrons. The maximum atomic E-state index is 12.5. The molecule has 5 nitrogen and oxygen atoms in total. The molecule has 2 aromatic heterocycles. The van der Waals surface area contributed by atoms with E-state index in [4.69, 9.17) is 9.40 Å². The van der Waals surface area contributed by atoms with Gasteiger partial charge in [-0.05, 0) is 70.1 Å². The number of nitrogens with one attached hydrogen (secondary N) is 1. The number of anilines is 1. The Morgan fingerprint density at radius 2 is 1.78 bits per heavy atom. The molecule has 6 rings (SSSR count). The van der Waals surface area contributed by atoms with Crippen molar-refractivity contribution in [3.63, 3.8) is 0 Å². The Labute approximate surface area is 162 Å². The summed E-state index contributed by atoms with van der Waals surface area (Å²) >= 11 is 1.53. The fourth-order valence-electron chi connectivity index (χ4n) is 6.22. The Hall–Kier alpha value is -1.95. The van der Waals surface area contributed by atoms with Gasteiger partial charge in [0.05, 0.1) is 5.69 Å². The first-order valence-corrected chi connectivity index (χ1v) is 10.6. The second-order valence-corrected chi connectivity index (χ2v) is 10.0. The topological polar surface area (TPSA) is 72.2 Å². The van der Waals surface area contributed by atoms with Gasteiger partial charge in [-0.25, -0.2) is 4.98 Å². The second kappa shape index (κ2) is 6.03. The van der Waals surface area contributed by atoms with Crippen LogP contribution in [0.15, 0.2) is 21.3 Å². The van der Waals surface area contributed by atoms with Gasteiger partial charge < -0.3 is 4.42 Å². The summed E-state index contributed by atoms with van der Waals surface area (Å²) in [5.41, 5.74) is 1.19. The Balaban J connectivity index is 1.42. The number of carbonyl (C=O) groups excluding carboxylic acids is 1. The van der Waals surface area contributed by atoms with Crippen molar-refractivity contribution in [3.8, 4) is 0 Å². The van der Waals surface area contributed by atoms with Crippen molar-refractivity contribution in [1.29, 1.82) is 0 Å². The molecule has 4 saturated carbocycles. The van der Waals surface area contributed by atoms with Crippen LogP contribution >= 0.6 is 11.3 Å². The molecule has 2 aromatic rings. The molecular weight excluding hydrogens is 360 g/mol. The summed E-state index contributed by atoms with van der Waals surface area (Å²) in [5.74, 6) is 2.62. The highest BCUT2D eigenvalue weighted by molar-refractivity contribution is 7.15. The molecule has 0 spiro atoms. The van der Waals surface area contributed by atoms with E-state index in [0.717, 1.165) is 17.8 Å². The Kier molecular flexibility index (Phi) is 3.83. The molecule has 1 amide bonds. The third-order valence-electron chi connectivity index (χ3n) is 6.67. The van der Waals surface area contributed by atoms with Crippen LogP contribution in [0.5, 0.6) is 0 Å². The third-order valence-corrected chi connectivity index (χ3v) is 7.56. The Morgan fingerprint density at radius 1 is 1.15 bits per heavy atom. The molecule has 4 aliphatic carbocycles. The minimum atomic E-state index is -0.415. The minimum absolute atomic E-state index is 0.0317. The van der Waals surface area contributed by atoms with Crippen molar-refractivity contribution in [2.75, 3.05) is 5.32 Å². The van der Waals surface area contributed by atoms with Crippen molar-refractivity contribution in [1.82, 2.24) is 4.98 Å². The van der Waals surface area contributed by atoms with Gasteiger partial charge >= 0.3 is 0 Å². The number of aromatic nitrogens is 1. The number of amides is 1. The van der Waals surface area contributed by atoms with Gasteiger partial charge in [0.2, 0.25) is 0 Å². The average molecular weight is 385 g/mol. The lowest BCUT2D eigenvalue weighted by atomic mass is 9.48. The zero-order valence-electron chi connectivity index (χ0n) is 15.7. The minimum Gasteiger partial charge on any atom is -0.456 e. The number of hydrogen-bond donors (Lipinski definition) is 1. The zero-order chi connectivity index (χ0) is 18.8. The molecular formula is C21H24N2O3S. The number of nitrogens with zero attached hydrogens (tertiary/aromatic N) is 1. The monoisotopic (exact) mass is 384 g/mol. The van der Waals surface area contributed by atoms with E-state index in [1.807, 2.05) is 0 Å². The standard InChI is InChI=1S/C21H24N2O3S/c1-11-3-16(24)7-17(26-11)19(25)23-20-22-18(12(2)27-20)21-8-13-4-14(9-21)6-15(5-13)10-21/h3,7,13-15H,4-6,8-10H2,1-2H3,(H,22,23,25). The van der Waals surface area contributed by atoms with Gasteiger partial charge in [-0.15, -0.1) is 11.3 Å². The van der Waals surface area contributed by atoms with Crippen molar-refractivity contribution in [2.45, 2.75) is 57.8 Å². The number of thiazole rings is 1. The average Bonchev–Trinajstić information content (AvgIpc) is 2.94. The molecule has 1 N–H and O–H groups in total.